The summed E-state index contributed by atoms with van der Waals surface area (Å²) in [5, 5.41) is 5.31. The molecule has 2 rings (SSSR count). The lowest BCUT2D eigenvalue weighted by atomic mass is 10.1. The van der Waals surface area contributed by atoms with Gasteiger partial charge in [-0.05, 0) is 42.8 Å². The summed E-state index contributed by atoms with van der Waals surface area (Å²) < 4.78 is 0. The molecule has 0 aliphatic carbocycles. The van der Waals surface area contributed by atoms with Gasteiger partial charge < -0.3 is 10.6 Å². The number of rotatable bonds is 5. The van der Waals surface area contributed by atoms with Crippen LogP contribution in [0.1, 0.15) is 34.8 Å². The van der Waals surface area contributed by atoms with E-state index in [0.29, 0.717) is 12.1 Å². The predicted octanol–water partition coefficient (Wildman–Crippen LogP) is 2.34. The summed E-state index contributed by atoms with van der Waals surface area (Å²) >= 11 is 0. The quantitative estimate of drug-likeness (QED) is 0.831. The van der Waals surface area contributed by atoms with Crippen molar-refractivity contribution in [2.45, 2.75) is 13.3 Å². The molecule has 0 fully saturated rings. The van der Waals surface area contributed by atoms with Crippen LogP contribution in [0.5, 0.6) is 0 Å². The van der Waals surface area contributed by atoms with Gasteiger partial charge in [0.15, 0.2) is 0 Å². The van der Waals surface area contributed by atoms with E-state index in [9.17, 15) is 9.59 Å². The molecule has 0 saturated heterocycles. The SMILES string of the molecule is CCCNC(=O)CNC(=O)c1ccc(C#Cc2ccccc2)cc1. The van der Waals surface area contributed by atoms with Crippen LogP contribution in [0.4, 0.5) is 0 Å². The van der Waals surface area contributed by atoms with Crippen molar-refractivity contribution in [1.29, 1.82) is 0 Å². The molecule has 0 aliphatic heterocycles. The van der Waals surface area contributed by atoms with Crippen molar-refractivity contribution in [2.24, 2.45) is 0 Å². The second kappa shape index (κ2) is 9.16. The largest absolute Gasteiger partial charge is 0.355 e. The Bertz CT molecular complexity index is 741. The van der Waals surface area contributed by atoms with Crippen molar-refractivity contribution in [3.05, 3.63) is 71.3 Å². The van der Waals surface area contributed by atoms with Crippen LogP contribution in [0.2, 0.25) is 0 Å². The van der Waals surface area contributed by atoms with Gasteiger partial charge in [0.25, 0.3) is 5.91 Å². The van der Waals surface area contributed by atoms with E-state index < -0.39 is 0 Å². The molecule has 24 heavy (non-hydrogen) atoms. The average Bonchev–Trinajstić information content (AvgIpc) is 2.64. The van der Waals surface area contributed by atoms with Crippen molar-refractivity contribution in [3.8, 4) is 11.8 Å². The molecule has 122 valence electrons. The maximum atomic E-state index is 12.0. The minimum absolute atomic E-state index is 0.0194. The molecular weight excluding hydrogens is 300 g/mol. The molecule has 2 aromatic rings. The Morgan fingerprint density at radius 1 is 0.875 bits per heavy atom. The Kier molecular flexibility index (Phi) is 6.60. The molecule has 4 heteroatoms. The summed E-state index contributed by atoms with van der Waals surface area (Å²) in [7, 11) is 0. The van der Waals surface area contributed by atoms with Gasteiger partial charge in [-0.3, -0.25) is 9.59 Å². The first-order valence-corrected chi connectivity index (χ1v) is 7.91. The van der Waals surface area contributed by atoms with Gasteiger partial charge >= 0.3 is 0 Å². The van der Waals surface area contributed by atoms with Crippen LogP contribution in [0, 0.1) is 11.8 Å². The zero-order valence-corrected chi connectivity index (χ0v) is 13.6. The van der Waals surface area contributed by atoms with Crippen molar-refractivity contribution >= 4 is 11.8 Å². The van der Waals surface area contributed by atoms with E-state index in [1.807, 2.05) is 37.3 Å². The Labute approximate surface area is 142 Å². The second-order valence-electron chi connectivity index (χ2n) is 5.23. The molecule has 0 aliphatic rings. The topological polar surface area (TPSA) is 58.2 Å². The van der Waals surface area contributed by atoms with Crippen molar-refractivity contribution in [3.63, 3.8) is 0 Å². The number of carbonyl (C=O) groups excluding carboxylic acids is 2. The van der Waals surface area contributed by atoms with Gasteiger partial charge in [-0.2, -0.15) is 0 Å². The monoisotopic (exact) mass is 320 g/mol. The van der Waals surface area contributed by atoms with Gasteiger partial charge in [-0.15, -0.1) is 0 Å². The van der Waals surface area contributed by atoms with Crippen LogP contribution in [0.15, 0.2) is 54.6 Å². The van der Waals surface area contributed by atoms with Gasteiger partial charge in [-0.25, -0.2) is 0 Å². The zero-order chi connectivity index (χ0) is 17.2. The van der Waals surface area contributed by atoms with Crippen molar-refractivity contribution < 1.29 is 9.59 Å². The maximum absolute atomic E-state index is 12.0. The first-order chi connectivity index (χ1) is 11.7. The van der Waals surface area contributed by atoms with E-state index in [0.717, 1.165) is 17.5 Å². The molecule has 2 N–H and O–H groups in total. The first-order valence-electron chi connectivity index (χ1n) is 7.91. The molecule has 0 atom stereocenters. The third kappa shape index (κ3) is 5.62. The first kappa shape index (κ1) is 17.3. The van der Waals surface area contributed by atoms with Gasteiger partial charge in [-0.1, -0.05) is 37.0 Å². The van der Waals surface area contributed by atoms with Crippen LogP contribution in [-0.4, -0.2) is 24.9 Å². The lowest BCUT2D eigenvalue weighted by Gasteiger charge is -2.06. The minimum Gasteiger partial charge on any atom is -0.355 e. The predicted molar refractivity (Wildman–Crippen MR) is 94.5 cm³/mol. The highest BCUT2D eigenvalue weighted by atomic mass is 16.2. The smallest absolute Gasteiger partial charge is 0.251 e. The van der Waals surface area contributed by atoms with E-state index in [1.54, 1.807) is 24.3 Å². The van der Waals surface area contributed by atoms with Crippen molar-refractivity contribution in [2.75, 3.05) is 13.1 Å². The molecule has 0 unspecified atom stereocenters. The number of benzene rings is 2. The number of hydrogen-bond acceptors (Lipinski definition) is 2. The van der Waals surface area contributed by atoms with Gasteiger partial charge in [0, 0.05) is 23.2 Å². The standard InChI is InChI=1S/C20H20N2O2/c1-2-14-21-19(23)15-22-20(24)18-12-10-17(11-13-18)9-8-16-6-4-3-5-7-16/h3-7,10-13H,2,14-15H2,1H3,(H,21,23)(H,22,24). The summed E-state index contributed by atoms with van der Waals surface area (Å²) in [6.45, 7) is 2.57. The number of nitrogens with one attached hydrogen (secondary N) is 2. The fourth-order valence-electron chi connectivity index (χ4n) is 1.96. The number of hydrogen-bond donors (Lipinski definition) is 2. The lowest BCUT2D eigenvalue weighted by Crippen LogP contribution is -2.37. The Hall–Kier alpha value is -3.06. The minimum atomic E-state index is -0.274. The molecule has 0 bridgehead atoms. The molecule has 4 nitrogen and oxygen atoms in total. The van der Waals surface area contributed by atoms with Gasteiger partial charge in [0.2, 0.25) is 5.91 Å². The van der Waals surface area contributed by atoms with Crippen LogP contribution < -0.4 is 10.6 Å². The average molecular weight is 320 g/mol. The second-order valence-corrected chi connectivity index (χ2v) is 5.23. The number of amides is 2. The molecule has 2 amide bonds. The van der Waals surface area contributed by atoms with E-state index in [2.05, 4.69) is 22.5 Å². The van der Waals surface area contributed by atoms with Crippen LogP contribution >= 0.6 is 0 Å². The Morgan fingerprint density at radius 2 is 1.50 bits per heavy atom. The fourth-order valence-corrected chi connectivity index (χ4v) is 1.96. The van der Waals surface area contributed by atoms with Gasteiger partial charge in [0.1, 0.15) is 0 Å². The Balaban J connectivity index is 1.91. The third-order valence-electron chi connectivity index (χ3n) is 3.25. The molecular formula is C20H20N2O2. The molecule has 0 saturated carbocycles. The molecule has 0 radical (unpaired) electrons. The van der Waals surface area contributed by atoms with Crippen LogP contribution in [-0.2, 0) is 4.79 Å². The highest BCUT2D eigenvalue weighted by molar-refractivity contribution is 5.96. The van der Waals surface area contributed by atoms with Crippen molar-refractivity contribution in [1.82, 2.24) is 10.6 Å². The third-order valence-corrected chi connectivity index (χ3v) is 3.25. The zero-order valence-electron chi connectivity index (χ0n) is 13.6. The highest BCUT2D eigenvalue weighted by Crippen LogP contribution is 2.04. The summed E-state index contributed by atoms with van der Waals surface area (Å²) in [6, 6.07) is 16.7. The lowest BCUT2D eigenvalue weighted by molar-refractivity contribution is -0.120. The highest BCUT2D eigenvalue weighted by Gasteiger charge is 2.07. The van der Waals surface area contributed by atoms with E-state index in [1.165, 1.54) is 0 Å². The molecule has 0 heterocycles. The summed E-state index contributed by atoms with van der Waals surface area (Å²) in [4.78, 5) is 23.5. The van der Waals surface area contributed by atoms with E-state index in [-0.39, 0.29) is 18.4 Å². The van der Waals surface area contributed by atoms with Crippen LogP contribution in [0.25, 0.3) is 0 Å². The van der Waals surface area contributed by atoms with E-state index >= 15 is 0 Å². The van der Waals surface area contributed by atoms with Gasteiger partial charge in [0.05, 0.1) is 6.54 Å². The van der Waals surface area contributed by atoms with E-state index in [4.69, 9.17) is 0 Å². The Morgan fingerprint density at radius 3 is 2.12 bits per heavy atom. The van der Waals surface area contributed by atoms with Crippen LogP contribution in [0.3, 0.4) is 0 Å². The molecule has 0 aromatic heterocycles. The molecule has 2 aromatic carbocycles. The number of carbonyl (C=O) groups is 2. The normalized spacial score (nSPS) is 9.54. The maximum Gasteiger partial charge on any atom is 0.251 e. The summed E-state index contributed by atoms with van der Waals surface area (Å²) in [5.74, 6) is 5.66. The summed E-state index contributed by atoms with van der Waals surface area (Å²) in [5.41, 5.74) is 2.28. The molecule has 0 spiro atoms. The fraction of sp³-hybridized carbons (Fsp3) is 0.200. The summed E-state index contributed by atoms with van der Waals surface area (Å²) in [6.07, 6.45) is 0.866.